The van der Waals surface area contributed by atoms with Crippen molar-refractivity contribution in [1.29, 1.82) is 0 Å². The van der Waals surface area contributed by atoms with Gasteiger partial charge in [-0.15, -0.1) is 0 Å². The Kier molecular flexibility index (Phi) is 8.20. The summed E-state index contributed by atoms with van der Waals surface area (Å²) in [6.07, 6.45) is 3.52. The lowest BCUT2D eigenvalue weighted by molar-refractivity contribution is 0.323. The van der Waals surface area contributed by atoms with Crippen LogP contribution in [0.15, 0.2) is 36.4 Å². The highest BCUT2D eigenvalue weighted by Crippen LogP contribution is 2.38. The first-order valence-electron chi connectivity index (χ1n) is 9.04. The number of unbranched alkanes of at least 4 members (excludes halogenated alkanes) is 1. The summed E-state index contributed by atoms with van der Waals surface area (Å²) in [6, 6.07) is 12.2. The van der Waals surface area contributed by atoms with Gasteiger partial charge in [-0.2, -0.15) is 0 Å². The van der Waals surface area contributed by atoms with Crippen LogP contribution >= 0.6 is 12.2 Å². The highest BCUT2D eigenvalue weighted by Gasteiger charge is 2.13. The highest BCUT2D eigenvalue weighted by atomic mass is 32.1. The SMILES string of the molecule is CCCCc1ccc(NC(=S)NCc2cc(OC)c(OC)c(OC)c2)cc1. The Morgan fingerprint density at radius 1 is 0.926 bits per heavy atom. The van der Waals surface area contributed by atoms with E-state index >= 15 is 0 Å². The van der Waals surface area contributed by atoms with Gasteiger partial charge in [-0.05, 0) is 60.5 Å². The van der Waals surface area contributed by atoms with Crippen molar-refractivity contribution >= 4 is 23.0 Å². The third-order valence-corrected chi connectivity index (χ3v) is 4.45. The molecule has 0 heterocycles. The molecule has 0 saturated carbocycles. The number of methoxy groups -OCH3 is 3. The van der Waals surface area contributed by atoms with Crippen LogP contribution < -0.4 is 24.8 Å². The number of anilines is 1. The Hall–Kier alpha value is -2.47. The summed E-state index contributed by atoms with van der Waals surface area (Å²) in [4.78, 5) is 0. The molecule has 0 saturated heterocycles. The molecule has 0 spiro atoms. The number of hydrogen-bond acceptors (Lipinski definition) is 4. The van der Waals surface area contributed by atoms with E-state index in [9.17, 15) is 0 Å². The molecule has 2 rings (SSSR count). The number of hydrogen-bond donors (Lipinski definition) is 2. The summed E-state index contributed by atoms with van der Waals surface area (Å²) in [6.45, 7) is 2.74. The number of thiocarbonyl (C=S) groups is 1. The molecule has 0 radical (unpaired) electrons. The molecule has 146 valence electrons. The van der Waals surface area contributed by atoms with Crippen LogP contribution in [0.25, 0.3) is 0 Å². The highest BCUT2D eigenvalue weighted by molar-refractivity contribution is 7.80. The topological polar surface area (TPSA) is 51.8 Å². The fourth-order valence-corrected chi connectivity index (χ4v) is 2.92. The lowest BCUT2D eigenvalue weighted by Gasteiger charge is -2.15. The summed E-state index contributed by atoms with van der Waals surface area (Å²) < 4.78 is 16.1. The van der Waals surface area contributed by atoms with Crippen molar-refractivity contribution in [2.45, 2.75) is 32.7 Å². The molecule has 2 aromatic carbocycles. The molecule has 2 N–H and O–H groups in total. The van der Waals surface area contributed by atoms with Crippen molar-refractivity contribution in [3.8, 4) is 17.2 Å². The van der Waals surface area contributed by atoms with Gasteiger partial charge < -0.3 is 24.8 Å². The predicted octanol–water partition coefficient (Wildman–Crippen LogP) is 4.54. The fourth-order valence-electron chi connectivity index (χ4n) is 2.73. The minimum atomic E-state index is 0.539. The molecular formula is C21H28N2O3S. The monoisotopic (exact) mass is 388 g/mol. The normalized spacial score (nSPS) is 10.2. The summed E-state index contributed by atoms with van der Waals surface area (Å²) in [7, 11) is 4.79. The van der Waals surface area contributed by atoms with E-state index in [1.54, 1.807) is 21.3 Å². The third kappa shape index (κ3) is 6.03. The van der Waals surface area contributed by atoms with Crippen LogP contribution in [-0.4, -0.2) is 26.4 Å². The van der Waals surface area contributed by atoms with Crippen molar-refractivity contribution < 1.29 is 14.2 Å². The number of aryl methyl sites for hydroxylation is 1. The quantitative estimate of drug-likeness (QED) is 0.615. The number of rotatable bonds is 9. The van der Waals surface area contributed by atoms with E-state index in [0.29, 0.717) is 28.9 Å². The van der Waals surface area contributed by atoms with Crippen LogP contribution in [0.3, 0.4) is 0 Å². The molecular weight excluding hydrogens is 360 g/mol. The maximum absolute atomic E-state index is 5.40. The van der Waals surface area contributed by atoms with Crippen molar-refractivity contribution in [3.05, 3.63) is 47.5 Å². The van der Waals surface area contributed by atoms with E-state index in [1.807, 2.05) is 12.1 Å². The number of benzene rings is 2. The van der Waals surface area contributed by atoms with Crippen molar-refractivity contribution in [2.75, 3.05) is 26.6 Å². The first-order chi connectivity index (χ1) is 13.1. The Morgan fingerprint density at radius 2 is 1.56 bits per heavy atom. The van der Waals surface area contributed by atoms with Gasteiger partial charge in [-0.25, -0.2) is 0 Å². The van der Waals surface area contributed by atoms with Gasteiger partial charge in [0.15, 0.2) is 16.6 Å². The molecule has 0 amide bonds. The molecule has 5 nitrogen and oxygen atoms in total. The van der Waals surface area contributed by atoms with Gasteiger partial charge in [0.1, 0.15) is 0 Å². The zero-order valence-electron chi connectivity index (χ0n) is 16.4. The van der Waals surface area contributed by atoms with Crippen LogP contribution in [0.4, 0.5) is 5.69 Å². The van der Waals surface area contributed by atoms with Gasteiger partial charge in [0.05, 0.1) is 21.3 Å². The molecule has 27 heavy (non-hydrogen) atoms. The largest absolute Gasteiger partial charge is 0.493 e. The Bertz CT molecular complexity index is 723. The van der Waals surface area contributed by atoms with E-state index in [4.69, 9.17) is 26.4 Å². The van der Waals surface area contributed by atoms with Crippen LogP contribution in [0.2, 0.25) is 0 Å². The van der Waals surface area contributed by atoms with Crippen molar-refractivity contribution in [2.24, 2.45) is 0 Å². The standard InChI is InChI=1S/C21H28N2O3S/c1-5-6-7-15-8-10-17(11-9-15)23-21(27)22-14-16-12-18(24-2)20(26-4)19(13-16)25-3/h8-13H,5-7,14H2,1-4H3,(H2,22,23,27). The Morgan fingerprint density at radius 3 is 2.07 bits per heavy atom. The fraction of sp³-hybridized carbons (Fsp3) is 0.381. The van der Waals surface area contributed by atoms with Crippen LogP contribution in [0.5, 0.6) is 17.2 Å². The molecule has 6 heteroatoms. The average molecular weight is 389 g/mol. The second kappa shape index (κ2) is 10.6. The van der Waals surface area contributed by atoms with E-state index in [-0.39, 0.29) is 0 Å². The molecule has 0 aliphatic rings. The molecule has 0 atom stereocenters. The summed E-state index contributed by atoms with van der Waals surface area (Å²) >= 11 is 5.40. The second-order valence-corrected chi connectivity index (χ2v) is 6.55. The van der Waals surface area contributed by atoms with E-state index in [0.717, 1.165) is 17.7 Å². The Labute approximate surface area is 167 Å². The van der Waals surface area contributed by atoms with E-state index in [1.165, 1.54) is 18.4 Å². The Balaban J connectivity index is 1.95. The van der Waals surface area contributed by atoms with Gasteiger partial charge in [-0.3, -0.25) is 0 Å². The molecule has 0 bridgehead atoms. The summed E-state index contributed by atoms with van der Waals surface area (Å²) in [5, 5.41) is 6.97. The molecule has 2 aromatic rings. The van der Waals surface area contributed by atoms with Gasteiger partial charge in [0, 0.05) is 12.2 Å². The first-order valence-corrected chi connectivity index (χ1v) is 9.44. The molecule has 0 fully saturated rings. The van der Waals surface area contributed by atoms with Crippen molar-refractivity contribution in [3.63, 3.8) is 0 Å². The molecule has 0 aliphatic carbocycles. The van der Waals surface area contributed by atoms with Crippen LogP contribution in [-0.2, 0) is 13.0 Å². The van der Waals surface area contributed by atoms with E-state index < -0.39 is 0 Å². The molecule has 0 aliphatic heterocycles. The number of ether oxygens (including phenoxy) is 3. The zero-order chi connectivity index (χ0) is 19.6. The maximum atomic E-state index is 5.40. The minimum absolute atomic E-state index is 0.539. The zero-order valence-corrected chi connectivity index (χ0v) is 17.2. The second-order valence-electron chi connectivity index (χ2n) is 6.14. The van der Waals surface area contributed by atoms with E-state index in [2.05, 4.69) is 41.8 Å². The minimum Gasteiger partial charge on any atom is -0.493 e. The summed E-state index contributed by atoms with van der Waals surface area (Å²) in [5.41, 5.74) is 3.29. The van der Waals surface area contributed by atoms with Gasteiger partial charge >= 0.3 is 0 Å². The lowest BCUT2D eigenvalue weighted by atomic mass is 10.1. The number of nitrogens with one attached hydrogen (secondary N) is 2. The smallest absolute Gasteiger partial charge is 0.203 e. The predicted molar refractivity (Wildman–Crippen MR) is 114 cm³/mol. The maximum Gasteiger partial charge on any atom is 0.203 e. The molecule has 0 unspecified atom stereocenters. The van der Waals surface area contributed by atoms with Crippen LogP contribution in [0.1, 0.15) is 30.9 Å². The lowest BCUT2D eigenvalue weighted by Crippen LogP contribution is -2.27. The van der Waals surface area contributed by atoms with Crippen molar-refractivity contribution in [1.82, 2.24) is 5.32 Å². The van der Waals surface area contributed by atoms with Crippen LogP contribution in [0, 0.1) is 0 Å². The first kappa shape index (κ1) is 20.8. The van der Waals surface area contributed by atoms with Gasteiger partial charge in [0.2, 0.25) is 5.75 Å². The third-order valence-electron chi connectivity index (χ3n) is 4.21. The van der Waals surface area contributed by atoms with Gasteiger partial charge in [-0.1, -0.05) is 25.5 Å². The molecule has 0 aromatic heterocycles. The average Bonchev–Trinajstić information content (AvgIpc) is 2.70. The summed E-state index contributed by atoms with van der Waals surface area (Å²) in [5.74, 6) is 1.82. The van der Waals surface area contributed by atoms with Gasteiger partial charge in [0.25, 0.3) is 0 Å².